The zero-order chi connectivity index (χ0) is 12.3. The number of rotatable bonds is 4. The summed E-state index contributed by atoms with van der Waals surface area (Å²) in [6, 6.07) is 10.3. The molecule has 0 aliphatic rings. The Balaban J connectivity index is 2.03. The van der Waals surface area contributed by atoms with Crippen LogP contribution in [-0.4, -0.2) is 10.1 Å². The molecule has 4 nitrogen and oxygen atoms in total. The minimum Gasteiger partial charge on any atom is -0.340 e. The van der Waals surface area contributed by atoms with Gasteiger partial charge in [-0.05, 0) is 25.3 Å². The van der Waals surface area contributed by atoms with Gasteiger partial charge < -0.3 is 10.3 Å². The van der Waals surface area contributed by atoms with E-state index in [2.05, 4.69) is 22.3 Å². The third-order valence-electron chi connectivity index (χ3n) is 2.81. The maximum Gasteiger partial charge on any atom is 0.223 e. The topological polar surface area (TPSA) is 64.9 Å². The summed E-state index contributed by atoms with van der Waals surface area (Å²) in [6.07, 6.45) is 1.69. The number of benzene rings is 1. The lowest BCUT2D eigenvalue weighted by Crippen LogP contribution is -2.34. The smallest absolute Gasteiger partial charge is 0.223 e. The van der Waals surface area contributed by atoms with Crippen LogP contribution in [-0.2, 0) is 12.0 Å². The molecule has 2 N–H and O–H groups in total. The van der Waals surface area contributed by atoms with Crippen molar-refractivity contribution < 1.29 is 4.52 Å². The van der Waals surface area contributed by atoms with Crippen LogP contribution in [0.25, 0.3) is 0 Å². The van der Waals surface area contributed by atoms with Crippen LogP contribution in [0.3, 0.4) is 0 Å². The van der Waals surface area contributed by atoms with Gasteiger partial charge in [0.1, 0.15) is 0 Å². The van der Waals surface area contributed by atoms with Crippen molar-refractivity contribution in [2.45, 2.75) is 32.2 Å². The van der Waals surface area contributed by atoms with Crippen LogP contribution < -0.4 is 5.73 Å². The number of nitrogens with zero attached hydrogens (tertiary/aromatic N) is 2. The SMILES string of the molecule is Cc1nc(C(C)(N)CCc2ccccc2)no1. The van der Waals surface area contributed by atoms with E-state index >= 15 is 0 Å². The van der Waals surface area contributed by atoms with Crippen LogP contribution in [0.4, 0.5) is 0 Å². The summed E-state index contributed by atoms with van der Waals surface area (Å²) in [4.78, 5) is 4.19. The molecule has 0 saturated carbocycles. The first kappa shape index (κ1) is 11.8. The number of hydrogen-bond donors (Lipinski definition) is 1. The number of hydrogen-bond acceptors (Lipinski definition) is 4. The average Bonchev–Trinajstić information content (AvgIpc) is 2.76. The first-order chi connectivity index (χ1) is 8.08. The Bertz CT molecular complexity index is 476. The summed E-state index contributed by atoms with van der Waals surface area (Å²) in [6.45, 7) is 3.70. The molecular weight excluding hydrogens is 214 g/mol. The minimum atomic E-state index is -0.548. The monoisotopic (exact) mass is 231 g/mol. The van der Waals surface area contributed by atoms with Gasteiger partial charge in [0.15, 0.2) is 5.82 Å². The van der Waals surface area contributed by atoms with Crippen LogP contribution in [0.2, 0.25) is 0 Å². The van der Waals surface area contributed by atoms with Gasteiger partial charge in [0.2, 0.25) is 5.89 Å². The molecule has 0 fully saturated rings. The van der Waals surface area contributed by atoms with Crippen molar-refractivity contribution in [2.24, 2.45) is 5.73 Å². The molecule has 0 aliphatic heterocycles. The summed E-state index contributed by atoms with van der Waals surface area (Å²) in [5, 5.41) is 3.89. The first-order valence-electron chi connectivity index (χ1n) is 5.71. The molecule has 2 rings (SSSR count). The molecule has 17 heavy (non-hydrogen) atoms. The summed E-state index contributed by atoms with van der Waals surface area (Å²) in [7, 11) is 0. The second-order valence-electron chi connectivity index (χ2n) is 4.54. The lowest BCUT2D eigenvalue weighted by Gasteiger charge is -2.20. The van der Waals surface area contributed by atoms with Crippen molar-refractivity contribution in [3.8, 4) is 0 Å². The zero-order valence-corrected chi connectivity index (χ0v) is 10.2. The van der Waals surface area contributed by atoms with Crippen LogP contribution in [0.5, 0.6) is 0 Å². The Hall–Kier alpha value is -1.68. The van der Waals surface area contributed by atoms with Gasteiger partial charge in [-0.1, -0.05) is 35.5 Å². The van der Waals surface area contributed by atoms with Gasteiger partial charge in [-0.25, -0.2) is 0 Å². The maximum absolute atomic E-state index is 6.21. The van der Waals surface area contributed by atoms with Gasteiger partial charge in [-0.3, -0.25) is 0 Å². The molecule has 2 aromatic rings. The molecular formula is C13H17N3O. The molecule has 4 heteroatoms. The predicted octanol–water partition coefficient (Wildman–Crippen LogP) is 2.18. The molecule has 0 saturated heterocycles. The van der Waals surface area contributed by atoms with Crippen LogP contribution in [0.1, 0.15) is 30.6 Å². The molecule has 1 aromatic carbocycles. The Morgan fingerprint density at radius 3 is 2.59 bits per heavy atom. The fraction of sp³-hybridized carbons (Fsp3) is 0.385. The highest BCUT2D eigenvalue weighted by Crippen LogP contribution is 2.20. The normalized spacial score (nSPS) is 14.5. The highest BCUT2D eigenvalue weighted by Gasteiger charge is 2.26. The first-order valence-corrected chi connectivity index (χ1v) is 5.71. The Morgan fingerprint density at radius 1 is 1.29 bits per heavy atom. The number of nitrogens with two attached hydrogens (primary N) is 1. The molecule has 0 amide bonds. The molecule has 90 valence electrons. The molecule has 1 heterocycles. The molecule has 0 aliphatic carbocycles. The van der Waals surface area contributed by atoms with E-state index < -0.39 is 5.54 Å². The zero-order valence-electron chi connectivity index (χ0n) is 10.2. The van der Waals surface area contributed by atoms with Gasteiger partial charge >= 0.3 is 0 Å². The van der Waals surface area contributed by atoms with E-state index in [1.807, 2.05) is 25.1 Å². The van der Waals surface area contributed by atoms with Gasteiger partial charge in [0, 0.05) is 6.92 Å². The quantitative estimate of drug-likeness (QED) is 0.876. The largest absolute Gasteiger partial charge is 0.340 e. The van der Waals surface area contributed by atoms with Crippen molar-refractivity contribution in [2.75, 3.05) is 0 Å². The van der Waals surface area contributed by atoms with Gasteiger partial charge in [-0.15, -0.1) is 0 Å². The third kappa shape index (κ3) is 2.91. The maximum atomic E-state index is 6.21. The van der Waals surface area contributed by atoms with Crippen LogP contribution in [0, 0.1) is 6.92 Å². The van der Waals surface area contributed by atoms with Crippen molar-refractivity contribution >= 4 is 0 Å². The molecule has 0 bridgehead atoms. The standard InChI is InChI=1S/C13H17N3O/c1-10-15-12(16-17-10)13(2,14)9-8-11-6-4-3-5-7-11/h3-7H,8-9,14H2,1-2H3. The van der Waals surface area contributed by atoms with E-state index in [0.29, 0.717) is 11.7 Å². The average molecular weight is 231 g/mol. The van der Waals surface area contributed by atoms with E-state index in [4.69, 9.17) is 10.3 Å². The van der Waals surface area contributed by atoms with Crippen LogP contribution in [0.15, 0.2) is 34.9 Å². The second kappa shape index (κ2) is 4.67. The Morgan fingerprint density at radius 2 is 2.00 bits per heavy atom. The van der Waals surface area contributed by atoms with E-state index in [-0.39, 0.29) is 0 Å². The summed E-state index contributed by atoms with van der Waals surface area (Å²) < 4.78 is 4.96. The fourth-order valence-electron chi connectivity index (χ4n) is 1.69. The summed E-state index contributed by atoms with van der Waals surface area (Å²) in [5.41, 5.74) is 6.93. The third-order valence-corrected chi connectivity index (χ3v) is 2.81. The van der Waals surface area contributed by atoms with Crippen LogP contribution >= 0.6 is 0 Å². The highest BCUT2D eigenvalue weighted by molar-refractivity contribution is 5.16. The van der Waals surface area contributed by atoms with E-state index in [0.717, 1.165) is 12.8 Å². The van der Waals surface area contributed by atoms with Crippen molar-refractivity contribution in [3.63, 3.8) is 0 Å². The minimum absolute atomic E-state index is 0.548. The molecule has 0 radical (unpaired) electrons. The van der Waals surface area contributed by atoms with Gasteiger partial charge in [-0.2, -0.15) is 4.98 Å². The van der Waals surface area contributed by atoms with E-state index in [9.17, 15) is 0 Å². The van der Waals surface area contributed by atoms with Crippen molar-refractivity contribution in [1.29, 1.82) is 0 Å². The second-order valence-corrected chi connectivity index (χ2v) is 4.54. The summed E-state index contributed by atoms with van der Waals surface area (Å²) in [5.74, 6) is 1.13. The Kier molecular flexibility index (Phi) is 3.24. The fourth-order valence-corrected chi connectivity index (χ4v) is 1.69. The van der Waals surface area contributed by atoms with Crippen molar-refractivity contribution in [3.05, 3.63) is 47.6 Å². The van der Waals surface area contributed by atoms with Gasteiger partial charge in [0.05, 0.1) is 5.54 Å². The number of aryl methyl sites for hydroxylation is 2. The lowest BCUT2D eigenvalue weighted by molar-refractivity contribution is 0.355. The molecule has 1 atom stereocenters. The molecule has 1 aromatic heterocycles. The van der Waals surface area contributed by atoms with E-state index in [1.54, 1.807) is 6.92 Å². The molecule has 0 spiro atoms. The van der Waals surface area contributed by atoms with E-state index in [1.165, 1.54) is 5.56 Å². The predicted molar refractivity (Wildman–Crippen MR) is 65.3 cm³/mol. The van der Waals surface area contributed by atoms with Gasteiger partial charge in [0.25, 0.3) is 0 Å². The Labute approximate surface area is 101 Å². The lowest BCUT2D eigenvalue weighted by atomic mass is 9.93. The highest BCUT2D eigenvalue weighted by atomic mass is 16.5. The van der Waals surface area contributed by atoms with Crippen molar-refractivity contribution in [1.82, 2.24) is 10.1 Å². The molecule has 1 unspecified atom stereocenters. The number of aromatic nitrogens is 2. The summed E-state index contributed by atoms with van der Waals surface area (Å²) >= 11 is 0.